The topological polar surface area (TPSA) is 50.1 Å². The maximum absolute atomic E-state index is 11.1. The Hall–Kier alpha value is -0.880. The molecule has 0 saturated carbocycles. The first-order valence-corrected chi connectivity index (χ1v) is 3.82. The quantitative estimate of drug-likeness (QED) is 0.592. The molecule has 1 aliphatic heterocycles. The molecule has 11 heavy (non-hydrogen) atoms. The number of hydrogen-bond donors (Lipinski definition) is 0. The summed E-state index contributed by atoms with van der Waals surface area (Å²) in [5.41, 5.74) is 0. The third-order valence-corrected chi connectivity index (χ3v) is 1.87. The summed E-state index contributed by atoms with van der Waals surface area (Å²) in [6.45, 7) is 1.27. The zero-order valence-electron chi connectivity index (χ0n) is 6.38. The van der Waals surface area contributed by atoms with Crippen LogP contribution in [-0.2, 0) is 9.53 Å². The van der Waals surface area contributed by atoms with Crippen molar-refractivity contribution in [2.75, 3.05) is 13.2 Å². The number of Topliss-reactive ketones (excluding diaryl/α,β-unsaturated/α-hetero) is 1. The van der Waals surface area contributed by atoms with Crippen LogP contribution in [-0.4, -0.2) is 19.0 Å². The van der Waals surface area contributed by atoms with Gasteiger partial charge in [-0.25, -0.2) is 0 Å². The molecular weight excluding hydrogens is 142 g/mol. The molecule has 0 aromatic rings. The zero-order valence-corrected chi connectivity index (χ0v) is 6.38. The van der Waals surface area contributed by atoms with Gasteiger partial charge in [-0.2, -0.15) is 5.26 Å². The summed E-state index contributed by atoms with van der Waals surface area (Å²) in [5, 5.41) is 8.26. The first kappa shape index (κ1) is 8.22. The Balaban J connectivity index is 2.34. The highest BCUT2D eigenvalue weighted by Gasteiger charge is 2.20. The monoisotopic (exact) mass is 153 g/mol. The summed E-state index contributed by atoms with van der Waals surface area (Å²) >= 11 is 0. The smallest absolute Gasteiger partial charge is 0.152 e. The predicted octanol–water partition coefficient (Wildman–Crippen LogP) is 0.896. The van der Waals surface area contributed by atoms with Gasteiger partial charge >= 0.3 is 0 Å². The van der Waals surface area contributed by atoms with Gasteiger partial charge in [0.05, 0.1) is 19.1 Å². The summed E-state index contributed by atoms with van der Waals surface area (Å²) in [4.78, 5) is 11.1. The first-order valence-electron chi connectivity index (χ1n) is 3.82. The van der Waals surface area contributed by atoms with Gasteiger partial charge in [-0.05, 0) is 12.8 Å². The highest BCUT2D eigenvalue weighted by atomic mass is 16.5. The van der Waals surface area contributed by atoms with E-state index in [1.807, 2.05) is 6.07 Å². The summed E-state index contributed by atoms with van der Waals surface area (Å²) in [6.07, 6.45) is 1.87. The molecule has 1 rings (SSSR count). The molecule has 60 valence electrons. The van der Waals surface area contributed by atoms with Crippen LogP contribution in [0.3, 0.4) is 0 Å². The van der Waals surface area contributed by atoms with E-state index in [2.05, 4.69) is 0 Å². The number of rotatable bonds is 2. The van der Waals surface area contributed by atoms with Crippen molar-refractivity contribution >= 4 is 5.78 Å². The van der Waals surface area contributed by atoms with Gasteiger partial charge in [-0.1, -0.05) is 0 Å². The highest BCUT2D eigenvalue weighted by molar-refractivity contribution is 5.83. The molecule has 0 aliphatic carbocycles. The minimum absolute atomic E-state index is 0.0107. The Morgan fingerprint density at radius 2 is 2.55 bits per heavy atom. The molecule has 1 heterocycles. The van der Waals surface area contributed by atoms with Crippen molar-refractivity contribution in [2.24, 2.45) is 5.92 Å². The van der Waals surface area contributed by atoms with Crippen LogP contribution in [0.5, 0.6) is 0 Å². The van der Waals surface area contributed by atoms with E-state index in [-0.39, 0.29) is 18.1 Å². The minimum Gasteiger partial charge on any atom is -0.381 e. The molecule has 0 radical (unpaired) electrons. The van der Waals surface area contributed by atoms with E-state index in [1.54, 1.807) is 0 Å². The van der Waals surface area contributed by atoms with Crippen LogP contribution in [0.2, 0.25) is 0 Å². The fourth-order valence-corrected chi connectivity index (χ4v) is 1.22. The van der Waals surface area contributed by atoms with Crippen LogP contribution < -0.4 is 0 Å². The Morgan fingerprint density at radius 3 is 3.09 bits per heavy atom. The number of nitriles is 1. The van der Waals surface area contributed by atoms with E-state index in [1.165, 1.54) is 0 Å². The number of ether oxygens (including phenoxy) is 1. The maximum atomic E-state index is 11.1. The van der Waals surface area contributed by atoms with Crippen molar-refractivity contribution in [3.05, 3.63) is 0 Å². The van der Waals surface area contributed by atoms with Crippen LogP contribution in [0.15, 0.2) is 0 Å². The second-order valence-corrected chi connectivity index (χ2v) is 2.72. The van der Waals surface area contributed by atoms with E-state index >= 15 is 0 Å². The lowest BCUT2D eigenvalue weighted by atomic mass is 9.96. The molecule has 0 aromatic carbocycles. The zero-order chi connectivity index (χ0) is 8.10. The van der Waals surface area contributed by atoms with Gasteiger partial charge in [-0.15, -0.1) is 0 Å². The fourth-order valence-electron chi connectivity index (χ4n) is 1.22. The predicted molar refractivity (Wildman–Crippen MR) is 38.8 cm³/mol. The number of carbonyl (C=O) groups is 1. The van der Waals surface area contributed by atoms with Crippen LogP contribution >= 0.6 is 0 Å². The van der Waals surface area contributed by atoms with Gasteiger partial charge in [0.15, 0.2) is 5.78 Å². The van der Waals surface area contributed by atoms with E-state index in [0.29, 0.717) is 6.61 Å². The van der Waals surface area contributed by atoms with Crippen molar-refractivity contribution in [2.45, 2.75) is 19.3 Å². The molecule has 1 atom stereocenters. The standard InChI is InChI=1S/C8H11NO2/c9-4-3-8(10)7-2-1-5-11-6-7/h7H,1-3,5-6H2/t7-/m1/s1. The van der Waals surface area contributed by atoms with Crippen molar-refractivity contribution in [1.82, 2.24) is 0 Å². The third-order valence-electron chi connectivity index (χ3n) is 1.87. The normalized spacial score (nSPS) is 24.1. The summed E-state index contributed by atoms with van der Waals surface area (Å²) in [7, 11) is 0. The molecule has 0 bridgehead atoms. The Kier molecular flexibility index (Phi) is 3.06. The number of ketones is 1. The molecular formula is C8H11NO2. The van der Waals surface area contributed by atoms with E-state index in [4.69, 9.17) is 10.00 Å². The van der Waals surface area contributed by atoms with Crippen LogP contribution in [0.1, 0.15) is 19.3 Å². The lowest BCUT2D eigenvalue weighted by Gasteiger charge is -2.19. The lowest BCUT2D eigenvalue weighted by molar-refractivity contribution is -0.125. The van der Waals surface area contributed by atoms with Crippen LogP contribution in [0.25, 0.3) is 0 Å². The Bertz CT molecular complexity index is 177. The summed E-state index contributed by atoms with van der Waals surface area (Å²) < 4.78 is 5.12. The van der Waals surface area contributed by atoms with Crippen molar-refractivity contribution in [1.29, 1.82) is 5.26 Å². The summed E-state index contributed by atoms with van der Waals surface area (Å²) in [6, 6.07) is 1.86. The van der Waals surface area contributed by atoms with E-state index < -0.39 is 0 Å². The highest BCUT2D eigenvalue weighted by Crippen LogP contribution is 2.15. The molecule has 0 spiro atoms. The average Bonchev–Trinajstić information content (AvgIpc) is 2.07. The van der Waals surface area contributed by atoms with Crippen LogP contribution in [0.4, 0.5) is 0 Å². The van der Waals surface area contributed by atoms with E-state index in [9.17, 15) is 4.79 Å². The van der Waals surface area contributed by atoms with Crippen LogP contribution in [0, 0.1) is 17.2 Å². The molecule has 0 N–H and O–H groups in total. The summed E-state index contributed by atoms with van der Waals surface area (Å²) in [5.74, 6) is 0.0237. The number of carbonyl (C=O) groups excluding carboxylic acids is 1. The van der Waals surface area contributed by atoms with Gasteiger partial charge in [0.25, 0.3) is 0 Å². The molecule has 3 heteroatoms. The van der Waals surface area contributed by atoms with E-state index in [0.717, 1.165) is 19.4 Å². The minimum atomic E-state index is -0.0107. The number of nitrogens with zero attached hydrogens (tertiary/aromatic N) is 1. The molecule has 1 fully saturated rings. The van der Waals surface area contributed by atoms with Gasteiger partial charge in [0, 0.05) is 12.5 Å². The first-order chi connectivity index (χ1) is 5.34. The second-order valence-electron chi connectivity index (χ2n) is 2.72. The molecule has 1 aliphatic rings. The maximum Gasteiger partial charge on any atom is 0.152 e. The fraction of sp³-hybridized carbons (Fsp3) is 0.750. The molecule has 0 amide bonds. The largest absolute Gasteiger partial charge is 0.381 e. The Morgan fingerprint density at radius 1 is 1.73 bits per heavy atom. The molecule has 1 saturated heterocycles. The third kappa shape index (κ3) is 2.32. The number of hydrogen-bond acceptors (Lipinski definition) is 3. The van der Waals surface area contributed by atoms with Gasteiger partial charge in [-0.3, -0.25) is 4.79 Å². The van der Waals surface area contributed by atoms with Crippen molar-refractivity contribution < 1.29 is 9.53 Å². The lowest BCUT2D eigenvalue weighted by Crippen LogP contribution is -2.24. The van der Waals surface area contributed by atoms with Gasteiger partial charge in [0.2, 0.25) is 0 Å². The van der Waals surface area contributed by atoms with Crippen molar-refractivity contribution in [3.8, 4) is 6.07 Å². The molecule has 0 unspecified atom stereocenters. The van der Waals surface area contributed by atoms with Crippen molar-refractivity contribution in [3.63, 3.8) is 0 Å². The Labute approximate surface area is 66.0 Å². The van der Waals surface area contributed by atoms with Gasteiger partial charge in [0.1, 0.15) is 0 Å². The van der Waals surface area contributed by atoms with Gasteiger partial charge < -0.3 is 4.74 Å². The SMILES string of the molecule is N#CCC(=O)[C@@H]1CCCOC1. The second kappa shape index (κ2) is 4.09. The molecule has 3 nitrogen and oxygen atoms in total. The molecule has 0 aromatic heterocycles. The average molecular weight is 153 g/mol.